The second-order valence-corrected chi connectivity index (χ2v) is 7.69. The molecule has 0 aromatic heterocycles. The molecule has 0 spiro atoms. The Bertz CT molecular complexity index is 552. The zero-order valence-electron chi connectivity index (χ0n) is 11.8. The summed E-state index contributed by atoms with van der Waals surface area (Å²) in [6.07, 6.45) is 0.912. The Morgan fingerprint density at radius 1 is 1.32 bits per heavy atom. The molecule has 0 radical (unpaired) electrons. The maximum Gasteiger partial charge on any atom is 0.245 e. The molecule has 2 rings (SSSR count). The predicted octanol–water partition coefficient (Wildman–Crippen LogP) is 2.54. The second kappa shape index (κ2) is 5.13. The third kappa shape index (κ3) is 2.92. The van der Waals surface area contributed by atoms with Crippen molar-refractivity contribution in [2.75, 3.05) is 25.0 Å². The molecule has 1 aliphatic heterocycles. The summed E-state index contributed by atoms with van der Waals surface area (Å²) < 4.78 is 27.0. The molecule has 1 fully saturated rings. The van der Waals surface area contributed by atoms with Gasteiger partial charge in [0.25, 0.3) is 0 Å². The summed E-state index contributed by atoms with van der Waals surface area (Å²) in [6.45, 7) is 8.09. The van der Waals surface area contributed by atoms with Crippen LogP contribution >= 0.6 is 0 Å². The fourth-order valence-corrected chi connectivity index (χ4v) is 4.23. The first-order valence-electron chi connectivity index (χ1n) is 6.70. The van der Waals surface area contributed by atoms with Crippen LogP contribution in [0.15, 0.2) is 29.2 Å². The Hall–Kier alpha value is -1.07. The smallest absolute Gasteiger partial charge is 0.245 e. The molecule has 0 unspecified atom stereocenters. The Balaban J connectivity index is 2.35. The number of benzene rings is 1. The molecule has 5 heteroatoms. The van der Waals surface area contributed by atoms with Crippen LogP contribution in [0.5, 0.6) is 0 Å². The average molecular weight is 282 g/mol. The Labute approximate surface area is 115 Å². The van der Waals surface area contributed by atoms with Gasteiger partial charge in [0.1, 0.15) is 4.90 Å². The lowest BCUT2D eigenvalue weighted by molar-refractivity contribution is 0.375. The summed E-state index contributed by atoms with van der Waals surface area (Å²) in [4.78, 5) is 0.384. The SMILES string of the molecule is CCNc1ccccc1S(=O)(=O)N1CCC(C)(C)C1. The van der Waals surface area contributed by atoms with Crippen molar-refractivity contribution in [2.45, 2.75) is 32.1 Å². The minimum atomic E-state index is -3.39. The van der Waals surface area contributed by atoms with Crippen molar-refractivity contribution in [2.24, 2.45) is 5.41 Å². The van der Waals surface area contributed by atoms with E-state index in [9.17, 15) is 8.42 Å². The zero-order chi connectivity index (χ0) is 14.1. The molecule has 106 valence electrons. The van der Waals surface area contributed by atoms with Gasteiger partial charge in [-0.15, -0.1) is 0 Å². The summed E-state index contributed by atoms with van der Waals surface area (Å²) in [5, 5.41) is 3.12. The summed E-state index contributed by atoms with van der Waals surface area (Å²) in [6, 6.07) is 7.12. The molecule has 1 saturated heterocycles. The van der Waals surface area contributed by atoms with Gasteiger partial charge in [0.2, 0.25) is 10.0 Å². The van der Waals surface area contributed by atoms with Crippen LogP contribution in [0.1, 0.15) is 27.2 Å². The van der Waals surface area contributed by atoms with Gasteiger partial charge in [-0.3, -0.25) is 0 Å². The highest BCUT2D eigenvalue weighted by Crippen LogP contribution is 2.34. The molecular weight excluding hydrogens is 260 g/mol. The molecule has 1 aromatic rings. The Kier molecular flexibility index (Phi) is 3.87. The summed E-state index contributed by atoms with van der Waals surface area (Å²) in [7, 11) is -3.39. The van der Waals surface area contributed by atoms with Crippen molar-refractivity contribution < 1.29 is 8.42 Å². The zero-order valence-corrected chi connectivity index (χ0v) is 12.6. The Morgan fingerprint density at radius 3 is 2.58 bits per heavy atom. The third-order valence-electron chi connectivity index (χ3n) is 3.51. The molecule has 19 heavy (non-hydrogen) atoms. The van der Waals surface area contributed by atoms with Crippen LogP contribution < -0.4 is 5.32 Å². The molecule has 4 nitrogen and oxygen atoms in total. The molecule has 0 atom stereocenters. The van der Waals surface area contributed by atoms with Gasteiger partial charge in [-0.2, -0.15) is 4.31 Å². The number of hydrogen-bond donors (Lipinski definition) is 1. The lowest BCUT2D eigenvalue weighted by Crippen LogP contribution is -2.31. The quantitative estimate of drug-likeness (QED) is 0.923. The highest BCUT2D eigenvalue weighted by molar-refractivity contribution is 7.89. The number of nitrogens with one attached hydrogen (secondary N) is 1. The van der Waals surface area contributed by atoms with Gasteiger partial charge >= 0.3 is 0 Å². The molecule has 1 N–H and O–H groups in total. The van der Waals surface area contributed by atoms with E-state index in [1.54, 1.807) is 16.4 Å². The van der Waals surface area contributed by atoms with E-state index < -0.39 is 10.0 Å². The third-order valence-corrected chi connectivity index (χ3v) is 5.42. The average Bonchev–Trinajstić information content (AvgIpc) is 2.71. The van der Waals surface area contributed by atoms with Crippen LogP contribution in [-0.4, -0.2) is 32.4 Å². The summed E-state index contributed by atoms with van der Waals surface area (Å²) >= 11 is 0. The van der Waals surface area contributed by atoms with E-state index in [0.29, 0.717) is 30.2 Å². The minimum absolute atomic E-state index is 0.0696. The van der Waals surface area contributed by atoms with Gasteiger partial charge < -0.3 is 5.32 Å². The standard InChI is InChI=1S/C14H22N2O2S/c1-4-15-12-7-5-6-8-13(12)19(17,18)16-10-9-14(2,3)11-16/h5-8,15H,4,9-11H2,1-3H3. The number of nitrogens with zero attached hydrogens (tertiary/aromatic N) is 1. The largest absolute Gasteiger partial charge is 0.384 e. The second-order valence-electron chi connectivity index (χ2n) is 5.78. The van der Waals surface area contributed by atoms with Crippen LogP contribution in [0.3, 0.4) is 0 Å². The molecule has 0 saturated carbocycles. The van der Waals surface area contributed by atoms with Crippen molar-refractivity contribution >= 4 is 15.7 Å². The number of hydrogen-bond acceptors (Lipinski definition) is 3. The van der Waals surface area contributed by atoms with E-state index in [4.69, 9.17) is 0 Å². The monoisotopic (exact) mass is 282 g/mol. The Morgan fingerprint density at radius 2 is 2.00 bits per heavy atom. The molecular formula is C14H22N2O2S. The first-order valence-corrected chi connectivity index (χ1v) is 8.14. The van der Waals surface area contributed by atoms with Crippen molar-refractivity contribution in [3.05, 3.63) is 24.3 Å². The van der Waals surface area contributed by atoms with Gasteiger partial charge in [0.15, 0.2) is 0 Å². The van der Waals surface area contributed by atoms with Gasteiger partial charge in [-0.25, -0.2) is 8.42 Å². The van der Waals surface area contributed by atoms with Crippen LogP contribution in [0.2, 0.25) is 0 Å². The van der Waals surface area contributed by atoms with E-state index in [-0.39, 0.29) is 5.41 Å². The lowest BCUT2D eigenvalue weighted by atomic mass is 9.93. The molecule has 0 bridgehead atoms. The predicted molar refractivity (Wildman–Crippen MR) is 77.8 cm³/mol. The summed E-state index contributed by atoms with van der Waals surface area (Å²) in [5.74, 6) is 0. The van der Waals surface area contributed by atoms with Gasteiger partial charge in [0.05, 0.1) is 5.69 Å². The van der Waals surface area contributed by atoms with Gasteiger partial charge in [-0.05, 0) is 30.9 Å². The maximum absolute atomic E-state index is 12.7. The normalized spacial score (nSPS) is 19.5. The lowest BCUT2D eigenvalue weighted by Gasteiger charge is -2.21. The molecule has 1 aromatic carbocycles. The molecule has 0 aliphatic carbocycles. The minimum Gasteiger partial charge on any atom is -0.384 e. The van der Waals surface area contributed by atoms with E-state index >= 15 is 0 Å². The van der Waals surface area contributed by atoms with Crippen LogP contribution in [-0.2, 0) is 10.0 Å². The topological polar surface area (TPSA) is 49.4 Å². The number of rotatable bonds is 4. The molecule has 0 amide bonds. The van der Waals surface area contributed by atoms with Gasteiger partial charge in [-0.1, -0.05) is 26.0 Å². The van der Waals surface area contributed by atoms with Crippen molar-refractivity contribution in [3.8, 4) is 0 Å². The van der Waals surface area contributed by atoms with Crippen molar-refractivity contribution in [1.82, 2.24) is 4.31 Å². The van der Waals surface area contributed by atoms with Gasteiger partial charge in [0, 0.05) is 19.6 Å². The van der Waals surface area contributed by atoms with Crippen LogP contribution in [0.4, 0.5) is 5.69 Å². The number of para-hydroxylation sites is 1. The highest BCUT2D eigenvalue weighted by atomic mass is 32.2. The van der Waals surface area contributed by atoms with Crippen molar-refractivity contribution in [1.29, 1.82) is 0 Å². The number of sulfonamides is 1. The van der Waals surface area contributed by atoms with Crippen LogP contribution in [0.25, 0.3) is 0 Å². The van der Waals surface area contributed by atoms with Crippen LogP contribution in [0, 0.1) is 5.41 Å². The summed E-state index contributed by atoms with van der Waals surface area (Å²) in [5.41, 5.74) is 0.759. The fraction of sp³-hybridized carbons (Fsp3) is 0.571. The van der Waals surface area contributed by atoms with E-state index in [1.165, 1.54) is 0 Å². The molecule has 1 heterocycles. The van der Waals surface area contributed by atoms with Crippen molar-refractivity contribution in [3.63, 3.8) is 0 Å². The van der Waals surface area contributed by atoms with E-state index in [0.717, 1.165) is 6.42 Å². The first kappa shape index (κ1) is 14.3. The molecule has 1 aliphatic rings. The number of anilines is 1. The van der Waals surface area contributed by atoms with E-state index in [2.05, 4.69) is 19.2 Å². The fourth-order valence-electron chi connectivity index (χ4n) is 2.44. The van der Waals surface area contributed by atoms with E-state index in [1.807, 2.05) is 19.1 Å². The maximum atomic E-state index is 12.7. The highest BCUT2D eigenvalue weighted by Gasteiger charge is 2.37. The first-order chi connectivity index (χ1) is 8.87.